The van der Waals surface area contributed by atoms with E-state index in [1.54, 1.807) is 0 Å². The molecule has 22 heavy (non-hydrogen) atoms. The van der Waals surface area contributed by atoms with E-state index in [9.17, 15) is 8.42 Å². The molecule has 1 unspecified atom stereocenters. The zero-order valence-corrected chi connectivity index (χ0v) is 14.3. The molecule has 1 aromatic rings. The van der Waals surface area contributed by atoms with Crippen LogP contribution < -0.4 is 4.72 Å². The van der Waals surface area contributed by atoms with E-state index in [-0.39, 0.29) is 6.04 Å². The van der Waals surface area contributed by atoms with Gasteiger partial charge in [0, 0.05) is 25.7 Å². The Morgan fingerprint density at radius 1 is 1.23 bits per heavy atom. The molecular formula is C15H25N3O3S. The second-order valence-corrected chi connectivity index (χ2v) is 7.51. The van der Waals surface area contributed by atoms with Crippen molar-refractivity contribution in [2.75, 3.05) is 46.9 Å². The smallest absolute Gasteiger partial charge is 0.279 e. The van der Waals surface area contributed by atoms with Crippen LogP contribution in [0.4, 0.5) is 0 Å². The zero-order chi connectivity index (χ0) is 16.2. The largest absolute Gasteiger partial charge is 0.379 e. The highest BCUT2D eigenvalue weighted by molar-refractivity contribution is 7.87. The van der Waals surface area contributed by atoms with Gasteiger partial charge in [-0.15, -0.1) is 0 Å². The molecule has 0 saturated carbocycles. The van der Waals surface area contributed by atoms with Crippen molar-refractivity contribution >= 4 is 10.2 Å². The third-order valence-electron chi connectivity index (χ3n) is 3.85. The van der Waals surface area contributed by atoms with Crippen LogP contribution in [0.2, 0.25) is 0 Å². The van der Waals surface area contributed by atoms with Crippen molar-refractivity contribution in [2.45, 2.75) is 13.0 Å². The van der Waals surface area contributed by atoms with E-state index < -0.39 is 10.2 Å². The number of benzene rings is 1. The van der Waals surface area contributed by atoms with Gasteiger partial charge in [-0.25, -0.2) is 4.72 Å². The fourth-order valence-corrected chi connectivity index (χ4v) is 3.63. The Kier molecular flexibility index (Phi) is 5.94. The number of likely N-dealkylation sites (N-methyl/N-ethyl adjacent to an activating group) is 1. The number of hydrogen-bond acceptors (Lipinski definition) is 4. The maximum Gasteiger partial charge on any atom is 0.279 e. The van der Waals surface area contributed by atoms with Crippen molar-refractivity contribution in [3.05, 3.63) is 35.4 Å². The first-order valence-electron chi connectivity index (χ1n) is 7.45. The quantitative estimate of drug-likeness (QED) is 0.838. The Morgan fingerprint density at radius 2 is 1.82 bits per heavy atom. The number of nitrogens with one attached hydrogen (secondary N) is 1. The first-order valence-corrected chi connectivity index (χ1v) is 8.89. The summed E-state index contributed by atoms with van der Waals surface area (Å²) in [6.07, 6.45) is 0. The van der Waals surface area contributed by atoms with Crippen molar-refractivity contribution in [3.8, 4) is 0 Å². The van der Waals surface area contributed by atoms with Gasteiger partial charge in [0.05, 0.1) is 13.2 Å². The number of rotatable bonds is 6. The topological polar surface area (TPSA) is 61.9 Å². The van der Waals surface area contributed by atoms with Gasteiger partial charge in [-0.05, 0) is 26.6 Å². The molecule has 1 fully saturated rings. The Labute approximate surface area is 133 Å². The van der Waals surface area contributed by atoms with Crippen LogP contribution in [-0.2, 0) is 14.9 Å². The molecule has 0 aromatic heterocycles. The zero-order valence-electron chi connectivity index (χ0n) is 13.4. The van der Waals surface area contributed by atoms with Gasteiger partial charge in [0.2, 0.25) is 0 Å². The Hall–Kier alpha value is -0.990. The second kappa shape index (κ2) is 7.52. The molecule has 0 amide bonds. The third kappa shape index (κ3) is 4.50. The number of morpholine rings is 1. The van der Waals surface area contributed by atoms with E-state index >= 15 is 0 Å². The van der Waals surface area contributed by atoms with E-state index in [0.29, 0.717) is 32.8 Å². The molecule has 0 aliphatic carbocycles. The first-order chi connectivity index (χ1) is 10.4. The van der Waals surface area contributed by atoms with Gasteiger partial charge >= 0.3 is 0 Å². The summed E-state index contributed by atoms with van der Waals surface area (Å²) in [6, 6.07) is 8.17. The maximum absolute atomic E-state index is 12.3. The minimum absolute atomic E-state index is 0.00332. The molecule has 1 heterocycles. The van der Waals surface area contributed by atoms with Crippen molar-refractivity contribution < 1.29 is 13.2 Å². The number of aryl methyl sites for hydroxylation is 1. The lowest BCUT2D eigenvalue weighted by Gasteiger charge is -2.29. The Bertz CT molecular complexity index is 566. The minimum atomic E-state index is -3.45. The SMILES string of the molecule is Cc1ccc(C(CNS(=O)(=O)N2CCOCC2)N(C)C)cc1. The lowest BCUT2D eigenvalue weighted by atomic mass is 10.0. The molecule has 1 aromatic carbocycles. The normalized spacial score (nSPS) is 18.5. The van der Waals surface area contributed by atoms with Gasteiger partial charge in [0.15, 0.2) is 0 Å². The van der Waals surface area contributed by atoms with Crippen molar-refractivity contribution in [3.63, 3.8) is 0 Å². The van der Waals surface area contributed by atoms with Crippen LogP contribution in [0.1, 0.15) is 17.2 Å². The monoisotopic (exact) mass is 327 g/mol. The lowest BCUT2D eigenvalue weighted by molar-refractivity contribution is 0.0724. The van der Waals surface area contributed by atoms with Crippen LogP contribution in [0.25, 0.3) is 0 Å². The summed E-state index contributed by atoms with van der Waals surface area (Å²) in [5.41, 5.74) is 2.29. The van der Waals surface area contributed by atoms with Crippen LogP contribution in [0.5, 0.6) is 0 Å². The van der Waals surface area contributed by atoms with Crippen molar-refractivity contribution in [2.24, 2.45) is 0 Å². The van der Waals surface area contributed by atoms with Crippen LogP contribution in [0.15, 0.2) is 24.3 Å². The molecule has 0 bridgehead atoms. The molecule has 1 N–H and O–H groups in total. The molecule has 2 rings (SSSR count). The maximum atomic E-state index is 12.3. The molecule has 6 nitrogen and oxygen atoms in total. The molecule has 124 valence electrons. The molecule has 1 saturated heterocycles. The van der Waals surface area contributed by atoms with E-state index in [2.05, 4.69) is 4.72 Å². The van der Waals surface area contributed by atoms with Crippen molar-refractivity contribution in [1.82, 2.24) is 13.9 Å². The highest BCUT2D eigenvalue weighted by Gasteiger charge is 2.25. The van der Waals surface area contributed by atoms with Gasteiger partial charge in [0.1, 0.15) is 0 Å². The van der Waals surface area contributed by atoms with E-state index in [1.807, 2.05) is 50.2 Å². The summed E-state index contributed by atoms with van der Waals surface area (Å²) in [6.45, 7) is 4.11. The molecule has 1 aliphatic rings. The predicted molar refractivity (Wildman–Crippen MR) is 86.9 cm³/mol. The highest BCUT2D eigenvalue weighted by Crippen LogP contribution is 2.18. The molecule has 0 radical (unpaired) electrons. The summed E-state index contributed by atoms with van der Waals surface area (Å²) in [5.74, 6) is 0. The number of nitrogens with zero attached hydrogens (tertiary/aromatic N) is 2. The lowest BCUT2D eigenvalue weighted by Crippen LogP contribution is -2.48. The summed E-state index contributed by atoms with van der Waals surface area (Å²) < 4.78 is 34.0. The third-order valence-corrected chi connectivity index (χ3v) is 5.43. The van der Waals surface area contributed by atoms with Gasteiger partial charge < -0.3 is 9.64 Å². The van der Waals surface area contributed by atoms with Gasteiger partial charge in [-0.2, -0.15) is 12.7 Å². The van der Waals surface area contributed by atoms with E-state index in [4.69, 9.17) is 4.74 Å². The Balaban J connectivity index is 2.03. The fourth-order valence-electron chi connectivity index (χ4n) is 2.45. The highest BCUT2D eigenvalue weighted by atomic mass is 32.2. The van der Waals surface area contributed by atoms with Crippen LogP contribution in [-0.4, -0.2) is 64.6 Å². The molecule has 0 spiro atoms. The van der Waals surface area contributed by atoms with E-state index in [1.165, 1.54) is 9.87 Å². The average molecular weight is 327 g/mol. The van der Waals surface area contributed by atoms with Crippen LogP contribution in [0.3, 0.4) is 0 Å². The first kappa shape index (κ1) is 17.4. The molecule has 7 heteroatoms. The van der Waals surface area contributed by atoms with Crippen molar-refractivity contribution in [1.29, 1.82) is 0 Å². The molecule has 1 aliphatic heterocycles. The predicted octanol–water partition coefficient (Wildman–Crippen LogP) is 0.764. The van der Waals surface area contributed by atoms with Gasteiger partial charge in [-0.1, -0.05) is 29.8 Å². The molecule has 1 atom stereocenters. The number of hydrogen-bond donors (Lipinski definition) is 1. The summed E-state index contributed by atoms with van der Waals surface area (Å²) in [5, 5.41) is 0. The van der Waals surface area contributed by atoms with Crippen LogP contribution in [0, 0.1) is 6.92 Å². The standard InChI is InChI=1S/C15H25N3O3S/c1-13-4-6-14(7-5-13)15(17(2)3)12-16-22(19,20)18-8-10-21-11-9-18/h4-7,15-16H,8-12H2,1-3H3. The Morgan fingerprint density at radius 3 is 2.36 bits per heavy atom. The summed E-state index contributed by atoms with van der Waals surface area (Å²) in [7, 11) is 0.452. The second-order valence-electron chi connectivity index (χ2n) is 5.76. The van der Waals surface area contributed by atoms with Crippen LogP contribution >= 0.6 is 0 Å². The average Bonchev–Trinajstić information content (AvgIpc) is 2.50. The summed E-state index contributed by atoms with van der Waals surface area (Å²) in [4.78, 5) is 2.02. The summed E-state index contributed by atoms with van der Waals surface area (Å²) >= 11 is 0. The van der Waals surface area contributed by atoms with E-state index in [0.717, 1.165) is 5.56 Å². The molecular weight excluding hydrogens is 302 g/mol. The van der Waals surface area contributed by atoms with Gasteiger partial charge in [-0.3, -0.25) is 0 Å². The van der Waals surface area contributed by atoms with Gasteiger partial charge in [0.25, 0.3) is 10.2 Å². The fraction of sp³-hybridized carbons (Fsp3) is 0.600. The number of ether oxygens (including phenoxy) is 1. The minimum Gasteiger partial charge on any atom is -0.379 e.